The number of rotatable bonds is 6. The van der Waals surface area contributed by atoms with Gasteiger partial charge in [-0.15, -0.1) is 0 Å². The van der Waals surface area contributed by atoms with Crippen molar-refractivity contribution in [2.24, 2.45) is 0 Å². The number of carbonyl (C=O) groups is 1. The highest BCUT2D eigenvalue weighted by molar-refractivity contribution is 6.30. The van der Waals surface area contributed by atoms with Gasteiger partial charge < -0.3 is 19.5 Å². The van der Waals surface area contributed by atoms with Crippen molar-refractivity contribution in [2.45, 2.75) is 44.3 Å². The second kappa shape index (κ2) is 9.98. The molecule has 2 atom stereocenters. The maximum absolute atomic E-state index is 12.8. The van der Waals surface area contributed by atoms with E-state index in [1.807, 2.05) is 12.1 Å². The Balaban J connectivity index is 1.13. The van der Waals surface area contributed by atoms with Crippen molar-refractivity contribution in [1.82, 2.24) is 20.1 Å². The molecular weight excluding hydrogens is 501 g/mol. The van der Waals surface area contributed by atoms with Crippen LogP contribution in [0.15, 0.2) is 42.5 Å². The van der Waals surface area contributed by atoms with Gasteiger partial charge in [-0.3, -0.25) is 4.79 Å². The Kier molecular flexibility index (Phi) is 6.76. The Morgan fingerprint density at radius 2 is 2.11 bits per heavy atom. The molecule has 1 amide bonds. The molecule has 8 nitrogen and oxygen atoms in total. The normalized spacial score (nSPS) is 19.0. The lowest BCUT2D eigenvalue weighted by molar-refractivity contribution is -0.141. The molecule has 36 heavy (non-hydrogen) atoms. The predicted octanol–water partition coefficient (Wildman–Crippen LogP) is 4.05. The molecule has 1 aromatic carbocycles. The molecule has 3 aromatic rings. The molecule has 5 rings (SSSR count). The van der Waals surface area contributed by atoms with Gasteiger partial charge in [0.15, 0.2) is 5.69 Å². The number of fused-ring (bicyclic) bond motifs is 2. The van der Waals surface area contributed by atoms with Crippen LogP contribution in [0.5, 0.6) is 11.6 Å². The Morgan fingerprint density at radius 3 is 2.94 bits per heavy atom. The number of nitrogens with one attached hydrogen (secondary N) is 1. The average Bonchev–Trinajstić information content (AvgIpc) is 3.27. The van der Waals surface area contributed by atoms with Gasteiger partial charge in [0, 0.05) is 24.1 Å². The van der Waals surface area contributed by atoms with E-state index in [0.29, 0.717) is 36.9 Å². The molecule has 1 unspecified atom stereocenters. The van der Waals surface area contributed by atoms with Crippen molar-refractivity contribution in [3.05, 3.63) is 70.1 Å². The topological polar surface area (TPSA) is 87.5 Å². The molecule has 1 N–H and O–H groups in total. The molecule has 2 aromatic heterocycles. The maximum Gasteiger partial charge on any atom is 0.433 e. The number of benzene rings is 1. The van der Waals surface area contributed by atoms with Crippen LogP contribution in [0.2, 0.25) is 5.02 Å². The first-order chi connectivity index (χ1) is 17.2. The number of hydrogen-bond acceptors (Lipinski definition) is 6. The van der Waals surface area contributed by atoms with Crippen LogP contribution < -0.4 is 14.8 Å². The molecule has 0 radical (unpaired) electrons. The van der Waals surface area contributed by atoms with Crippen LogP contribution in [0.25, 0.3) is 0 Å². The number of carbonyl (C=O) groups excluding carboxylic acids is 1. The summed E-state index contributed by atoms with van der Waals surface area (Å²) in [5, 5.41) is 7.87. The molecule has 4 heterocycles. The zero-order valence-electron chi connectivity index (χ0n) is 18.9. The average molecular weight is 523 g/mol. The Hall–Kier alpha value is -3.31. The number of ether oxygens (including phenoxy) is 3. The molecule has 0 saturated carbocycles. The fraction of sp³-hybridized carbons (Fsp3) is 0.375. The van der Waals surface area contributed by atoms with E-state index in [2.05, 4.69) is 15.4 Å². The quantitative estimate of drug-likeness (QED) is 0.525. The number of pyridine rings is 1. The second-order valence-corrected chi connectivity index (χ2v) is 9.02. The number of amides is 1. The Labute approximate surface area is 209 Å². The molecule has 0 bridgehead atoms. The molecular formula is C24H22ClF3N4O4. The molecule has 0 saturated heterocycles. The van der Waals surface area contributed by atoms with Gasteiger partial charge in [0.1, 0.15) is 24.2 Å². The van der Waals surface area contributed by atoms with Crippen LogP contribution in [0.4, 0.5) is 13.2 Å². The third kappa shape index (κ3) is 5.57. The number of aromatic nitrogens is 3. The zero-order valence-corrected chi connectivity index (χ0v) is 19.7. The van der Waals surface area contributed by atoms with Gasteiger partial charge in [0.05, 0.1) is 24.9 Å². The predicted molar refractivity (Wildman–Crippen MR) is 122 cm³/mol. The smallest absolute Gasteiger partial charge is 0.433 e. The van der Waals surface area contributed by atoms with E-state index in [9.17, 15) is 18.0 Å². The summed E-state index contributed by atoms with van der Waals surface area (Å²) in [6, 6.07) is 10.4. The van der Waals surface area contributed by atoms with Crippen LogP contribution in [0.3, 0.4) is 0 Å². The lowest BCUT2D eigenvalue weighted by Crippen LogP contribution is -2.42. The van der Waals surface area contributed by atoms with Gasteiger partial charge in [0.25, 0.3) is 5.91 Å². The van der Waals surface area contributed by atoms with E-state index < -0.39 is 11.9 Å². The van der Waals surface area contributed by atoms with Gasteiger partial charge in [-0.25, -0.2) is 9.67 Å². The summed E-state index contributed by atoms with van der Waals surface area (Å²) in [5.41, 5.74) is 0.368. The number of nitrogens with zero attached hydrogens (tertiary/aromatic N) is 3. The molecule has 12 heteroatoms. The molecule has 0 aliphatic carbocycles. The minimum Gasteiger partial charge on any atom is -0.491 e. The van der Waals surface area contributed by atoms with E-state index in [-0.39, 0.29) is 42.7 Å². The van der Waals surface area contributed by atoms with Crippen molar-refractivity contribution in [3.63, 3.8) is 0 Å². The van der Waals surface area contributed by atoms with Gasteiger partial charge >= 0.3 is 6.18 Å². The van der Waals surface area contributed by atoms with Crippen LogP contribution in [-0.2, 0) is 30.5 Å². The molecule has 0 fully saturated rings. The lowest BCUT2D eigenvalue weighted by Gasteiger charge is -2.26. The van der Waals surface area contributed by atoms with Crippen molar-refractivity contribution < 1.29 is 32.2 Å². The third-order valence-corrected chi connectivity index (χ3v) is 6.08. The fourth-order valence-electron chi connectivity index (χ4n) is 4.11. The minimum atomic E-state index is -4.51. The minimum absolute atomic E-state index is 0.0749. The Morgan fingerprint density at radius 1 is 1.25 bits per heavy atom. The van der Waals surface area contributed by atoms with Crippen LogP contribution in [0.1, 0.15) is 33.9 Å². The summed E-state index contributed by atoms with van der Waals surface area (Å²) in [7, 11) is 0. The standard InChI is InChI=1S/C24H22ClF3N4O4/c25-15-4-5-20-14(8-15)9-17(12-35-20)30-23(33)19-10-22-32(31-19)7-6-18(36-22)13-34-11-16-2-1-3-21(29-16)24(26,27)28/h1-5,8,10,17-18H,6-7,9,11-13H2,(H,30,33)/t17-,18?/m1/s1. The molecule has 2 aliphatic rings. The highest BCUT2D eigenvalue weighted by Gasteiger charge is 2.32. The number of hydrogen-bond donors (Lipinski definition) is 1. The van der Waals surface area contributed by atoms with Crippen molar-refractivity contribution in [3.8, 4) is 11.6 Å². The van der Waals surface area contributed by atoms with Gasteiger partial charge in [-0.05, 0) is 42.3 Å². The van der Waals surface area contributed by atoms with Crippen LogP contribution >= 0.6 is 11.6 Å². The first-order valence-electron chi connectivity index (χ1n) is 11.3. The molecule has 190 valence electrons. The number of alkyl halides is 3. The van der Waals surface area contributed by atoms with Crippen molar-refractivity contribution in [2.75, 3.05) is 13.2 Å². The second-order valence-electron chi connectivity index (χ2n) is 8.58. The van der Waals surface area contributed by atoms with Gasteiger partial charge in [0.2, 0.25) is 5.88 Å². The Bertz CT molecular complexity index is 1270. The molecule has 2 aliphatic heterocycles. The first kappa shape index (κ1) is 24.4. The van der Waals surface area contributed by atoms with Crippen molar-refractivity contribution in [1.29, 1.82) is 0 Å². The van der Waals surface area contributed by atoms with Crippen LogP contribution in [0, 0.1) is 0 Å². The van der Waals surface area contributed by atoms with E-state index in [0.717, 1.165) is 17.4 Å². The summed E-state index contributed by atoms with van der Waals surface area (Å²) in [5.74, 6) is 0.838. The van der Waals surface area contributed by atoms with E-state index in [1.54, 1.807) is 16.8 Å². The summed E-state index contributed by atoms with van der Waals surface area (Å²) in [6.07, 6.45) is -3.68. The summed E-state index contributed by atoms with van der Waals surface area (Å²) in [4.78, 5) is 16.4. The third-order valence-electron chi connectivity index (χ3n) is 5.84. The van der Waals surface area contributed by atoms with Crippen LogP contribution in [-0.4, -0.2) is 46.0 Å². The summed E-state index contributed by atoms with van der Waals surface area (Å²) >= 11 is 6.06. The van der Waals surface area contributed by atoms with E-state index >= 15 is 0 Å². The van der Waals surface area contributed by atoms with Gasteiger partial charge in [-0.2, -0.15) is 18.3 Å². The number of halogens is 4. The SMILES string of the molecule is O=C(N[C@H]1COc2ccc(Cl)cc2C1)c1cc2n(n1)CCC(COCc1cccc(C(F)(F)F)n1)O2. The van der Waals surface area contributed by atoms with Gasteiger partial charge in [-0.1, -0.05) is 17.7 Å². The maximum atomic E-state index is 12.8. The summed E-state index contributed by atoms with van der Waals surface area (Å²) in [6.45, 7) is 0.933. The zero-order chi connectivity index (χ0) is 25.3. The highest BCUT2D eigenvalue weighted by atomic mass is 35.5. The van der Waals surface area contributed by atoms with E-state index in [1.165, 1.54) is 12.1 Å². The largest absolute Gasteiger partial charge is 0.491 e. The summed E-state index contributed by atoms with van der Waals surface area (Å²) < 4.78 is 57.2. The fourth-order valence-corrected chi connectivity index (χ4v) is 4.30. The molecule has 0 spiro atoms. The monoisotopic (exact) mass is 522 g/mol. The number of aryl methyl sites for hydroxylation is 1. The van der Waals surface area contributed by atoms with Crippen molar-refractivity contribution >= 4 is 17.5 Å². The van der Waals surface area contributed by atoms with E-state index in [4.69, 9.17) is 25.8 Å². The first-order valence-corrected chi connectivity index (χ1v) is 11.7. The lowest BCUT2D eigenvalue weighted by atomic mass is 10.0. The highest BCUT2D eigenvalue weighted by Crippen LogP contribution is 2.29.